The Bertz CT molecular complexity index is 571. The quantitative estimate of drug-likeness (QED) is 0.807. The minimum Gasteiger partial charge on any atom is -0.458 e. The third kappa shape index (κ3) is 2.72. The molecule has 2 nitrogen and oxygen atoms in total. The highest BCUT2D eigenvalue weighted by Gasteiger charge is 2.28. The van der Waals surface area contributed by atoms with E-state index in [0.717, 1.165) is 29.7 Å². The van der Waals surface area contributed by atoms with Crippen molar-refractivity contribution in [2.75, 3.05) is 6.54 Å². The number of fused-ring (bicyclic) bond motifs is 1. The first-order chi connectivity index (χ1) is 9.79. The van der Waals surface area contributed by atoms with Gasteiger partial charge in [-0.05, 0) is 43.9 Å². The number of halogens is 1. The van der Waals surface area contributed by atoms with E-state index in [4.69, 9.17) is 16.0 Å². The Kier molecular flexibility index (Phi) is 4.32. The van der Waals surface area contributed by atoms with Gasteiger partial charge in [-0.25, -0.2) is 0 Å². The molecule has 108 valence electrons. The predicted octanol–water partition coefficient (Wildman–Crippen LogP) is 5.32. The fourth-order valence-electron chi connectivity index (χ4n) is 3.29. The van der Waals surface area contributed by atoms with E-state index in [9.17, 15) is 0 Å². The van der Waals surface area contributed by atoms with E-state index in [-0.39, 0.29) is 0 Å². The maximum Gasteiger partial charge on any atom is 0.152 e. The highest BCUT2D eigenvalue weighted by atomic mass is 35.5. The second-order valence-corrected chi connectivity index (χ2v) is 6.19. The van der Waals surface area contributed by atoms with Crippen LogP contribution in [0.3, 0.4) is 0 Å². The second kappa shape index (κ2) is 6.19. The van der Waals surface area contributed by atoms with Crippen molar-refractivity contribution in [2.24, 2.45) is 5.92 Å². The first kappa shape index (κ1) is 14.0. The van der Waals surface area contributed by atoms with Gasteiger partial charge in [0, 0.05) is 5.39 Å². The Morgan fingerprint density at radius 2 is 2.15 bits per heavy atom. The van der Waals surface area contributed by atoms with Crippen molar-refractivity contribution in [3.8, 4) is 0 Å². The highest BCUT2D eigenvalue weighted by molar-refractivity contribution is 6.34. The molecule has 2 aromatic rings. The van der Waals surface area contributed by atoms with Gasteiger partial charge in [0.1, 0.15) is 5.76 Å². The monoisotopic (exact) mass is 291 g/mol. The van der Waals surface area contributed by atoms with Crippen LogP contribution in [0.15, 0.2) is 28.7 Å². The summed E-state index contributed by atoms with van der Waals surface area (Å²) in [5, 5.41) is 5.48. The van der Waals surface area contributed by atoms with Gasteiger partial charge in [0.25, 0.3) is 0 Å². The van der Waals surface area contributed by atoms with Gasteiger partial charge in [0.05, 0.1) is 11.1 Å². The summed E-state index contributed by atoms with van der Waals surface area (Å²) >= 11 is 6.22. The van der Waals surface area contributed by atoms with Crippen molar-refractivity contribution in [3.05, 3.63) is 35.0 Å². The number of hydrogen-bond acceptors (Lipinski definition) is 2. The molecule has 1 saturated carbocycles. The zero-order valence-electron chi connectivity index (χ0n) is 12.0. The molecule has 1 aliphatic rings. The summed E-state index contributed by atoms with van der Waals surface area (Å²) in [6.07, 6.45) is 6.43. The molecular formula is C17H22ClNO. The summed E-state index contributed by atoms with van der Waals surface area (Å²) in [5.74, 6) is 1.74. The van der Waals surface area contributed by atoms with Crippen LogP contribution in [-0.2, 0) is 0 Å². The highest BCUT2D eigenvalue weighted by Crippen LogP contribution is 2.38. The number of para-hydroxylation sites is 1. The van der Waals surface area contributed by atoms with Crippen LogP contribution in [-0.4, -0.2) is 6.54 Å². The molecule has 0 bridgehead atoms. The summed E-state index contributed by atoms with van der Waals surface area (Å²) in [6.45, 7) is 3.24. The molecule has 1 aromatic carbocycles. The summed E-state index contributed by atoms with van der Waals surface area (Å²) in [7, 11) is 0. The second-order valence-electron chi connectivity index (χ2n) is 5.78. The average molecular weight is 292 g/mol. The molecule has 1 aliphatic carbocycles. The number of benzene rings is 1. The van der Waals surface area contributed by atoms with Gasteiger partial charge in [0.15, 0.2) is 5.58 Å². The molecule has 0 radical (unpaired) electrons. The standard InChI is InChI=1S/C17H22ClNO/c1-2-10-19-16(12-6-3-4-7-12)15-11-13-8-5-9-14(18)17(13)20-15/h5,8-9,11-12,16,19H,2-4,6-7,10H2,1H3. The largest absolute Gasteiger partial charge is 0.458 e. The van der Waals surface area contributed by atoms with E-state index in [1.807, 2.05) is 12.1 Å². The molecule has 1 N–H and O–H groups in total. The van der Waals surface area contributed by atoms with Gasteiger partial charge in [-0.1, -0.05) is 43.5 Å². The van der Waals surface area contributed by atoms with Crippen LogP contribution in [0.1, 0.15) is 50.8 Å². The van der Waals surface area contributed by atoms with Gasteiger partial charge in [-0.3, -0.25) is 0 Å². The summed E-state index contributed by atoms with van der Waals surface area (Å²) < 4.78 is 6.08. The lowest BCUT2D eigenvalue weighted by Gasteiger charge is -2.22. The van der Waals surface area contributed by atoms with Crippen molar-refractivity contribution in [1.82, 2.24) is 5.32 Å². The maximum absolute atomic E-state index is 6.22. The minimum atomic E-state index is 0.334. The first-order valence-electron chi connectivity index (χ1n) is 7.71. The zero-order chi connectivity index (χ0) is 13.9. The summed E-state index contributed by atoms with van der Waals surface area (Å²) in [6, 6.07) is 8.43. The third-order valence-corrected chi connectivity index (χ3v) is 4.60. The van der Waals surface area contributed by atoms with Crippen molar-refractivity contribution in [3.63, 3.8) is 0 Å². The van der Waals surface area contributed by atoms with Crippen molar-refractivity contribution in [2.45, 2.75) is 45.1 Å². The molecule has 0 spiro atoms. The third-order valence-electron chi connectivity index (χ3n) is 4.31. The van der Waals surface area contributed by atoms with Gasteiger partial charge in [-0.15, -0.1) is 0 Å². The number of hydrogen-bond donors (Lipinski definition) is 1. The number of furan rings is 1. The van der Waals surface area contributed by atoms with Crippen LogP contribution >= 0.6 is 11.6 Å². The topological polar surface area (TPSA) is 25.2 Å². The lowest BCUT2D eigenvalue weighted by Crippen LogP contribution is -2.27. The van der Waals surface area contributed by atoms with Crippen LogP contribution in [0.4, 0.5) is 0 Å². The van der Waals surface area contributed by atoms with Gasteiger partial charge in [0.2, 0.25) is 0 Å². The van der Waals surface area contributed by atoms with E-state index in [0.29, 0.717) is 17.0 Å². The van der Waals surface area contributed by atoms with Crippen LogP contribution in [0.5, 0.6) is 0 Å². The normalized spacial score (nSPS) is 17.9. The fourth-order valence-corrected chi connectivity index (χ4v) is 3.51. The van der Waals surface area contributed by atoms with Crippen molar-refractivity contribution >= 4 is 22.6 Å². The molecule has 1 aromatic heterocycles. The summed E-state index contributed by atoms with van der Waals surface area (Å²) in [4.78, 5) is 0. The van der Waals surface area contributed by atoms with Crippen LogP contribution in [0.25, 0.3) is 11.0 Å². The lowest BCUT2D eigenvalue weighted by molar-refractivity contribution is 0.320. The predicted molar refractivity (Wildman–Crippen MR) is 84.2 cm³/mol. The molecule has 20 heavy (non-hydrogen) atoms. The molecule has 1 atom stereocenters. The zero-order valence-corrected chi connectivity index (χ0v) is 12.7. The number of nitrogens with one attached hydrogen (secondary N) is 1. The van der Waals surface area contributed by atoms with Crippen LogP contribution in [0.2, 0.25) is 5.02 Å². The van der Waals surface area contributed by atoms with Crippen molar-refractivity contribution in [1.29, 1.82) is 0 Å². The average Bonchev–Trinajstić information content (AvgIpc) is 3.09. The smallest absolute Gasteiger partial charge is 0.152 e. The van der Waals surface area contributed by atoms with Crippen LogP contribution < -0.4 is 5.32 Å². The Labute approximate surface area is 125 Å². The molecule has 1 fully saturated rings. The fraction of sp³-hybridized carbons (Fsp3) is 0.529. The SMILES string of the molecule is CCCNC(c1cc2cccc(Cl)c2o1)C1CCCC1. The van der Waals surface area contributed by atoms with E-state index < -0.39 is 0 Å². The molecular weight excluding hydrogens is 270 g/mol. The molecule has 3 heteroatoms. The maximum atomic E-state index is 6.22. The van der Waals surface area contributed by atoms with E-state index in [1.165, 1.54) is 25.7 Å². The van der Waals surface area contributed by atoms with E-state index >= 15 is 0 Å². The van der Waals surface area contributed by atoms with Gasteiger partial charge >= 0.3 is 0 Å². The van der Waals surface area contributed by atoms with E-state index in [1.54, 1.807) is 0 Å². The van der Waals surface area contributed by atoms with Crippen LogP contribution in [0, 0.1) is 5.92 Å². The number of rotatable bonds is 5. The van der Waals surface area contributed by atoms with Crippen molar-refractivity contribution < 1.29 is 4.42 Å². The van der Waals surface area contributed by atoms with E-state index in [2.05, 4.69) is 24.4 Å². The molecule has 0 amide bonds. The molecule has 1 unspecified atom stereocenters. The summed E-state index contributed by atoms with van der Waals surface area (Å²) in [5.41, 5.74) is 0.825. The minimum absolute atomic E-state index is 0.334. The lowest BCUT2D eigenvalue weighted by atomic mass is 9.95. The van der Waals surface area contributed by atoms with Gasteiger partial charge in [-0.2, -0.15) is 0 Å². The Morgan fingerprint density at radius 3 is 2.85 bits per heavy atom. The van der Waals surface area contributed by atoms with Gasteiger partial charge < -0.3 is 9.73 Å². The molecule has 1 heterocycles. The first-order valence-corrected chi connectivity index (χ1v) is 8.08. The Balaban J connectivity index is 1.93. The molecule has 0 saturated heterocycles. The Morgan fingerprint density at radius 1 is 1.35 bits per heavy atom. The molecule has 0 aliphatic heterocycles. The molecule has 3 rings (SSSR count). The Hall–Kier alpha value is -0.990.